The second-order valence-corrected chi connectivity index (χ2v) is 6.93. The Morgan fingerprint density at radius 2 is 1.27 bits per heavy atom. The van der Waals surface area contributed by atoms with Gasteiger partial charge in [0.25, 0.3) is 0 Å². The fourth-order valence-electron chi connectivity index (χ4n) is 1.96. The summed E-state index contributed by atoms with van der Waals surface area (Å²) in [5, 5.41) is 0. The number of alkyl halides is 1. The van der Waals surface area contributed by atoms with Crippen LogP contribution in [0.1, 0.15) is 48.4 Å². The van der Waals surface area contributed by atoms with Crippen LogP contribution >= 0.6 is 15.9 Å². The van der Waals surface area contributed by atoms with Crippen molar-refractivity contribution in [3.8, 4) is 0 Å². The van der Waals surface area contributed by atoms with Gasteiger partial charge in [-0.05, 0) is 11.5 Å². The highest BCUT2D eigenvalue weighted by Crippen LogP contribution is 2.29. The minimum absolute atomic E-state index is 0.0948. The van der Waals surface area contributed by atoms with Gasteiger partial charge in [0.15, 0.2) is 5.78 Å². The highest BCUT2D eigenvalue weighted by Gasteiger charge is 2.10. The van der Waals surface area contributed by atoms with Crippen LogP contribution in [0.4, 0.5) is 0 Å². The lowest BCUT2D eigenvalue weighted by Gasteiger charge is -2.13. The van der Waals surface area contributed by atoms with E-state index in [-0.39, 0.29) is 11.7 Å². The van der Waals surface area contributed by atoms with Crippen LogP contribution in [0.5, 0.6) is 0 Å². The Morgan fingerprint density at radius 1 is 0.818 bits per heavy atom. The third kappa shape index (κ3) is 6.15. The Hall–Kier alpha value is -1.41. The lowest BCUT2D eigenvalue weighted by molar-refractivity contribution is 0.0939. The number of Topliss-reactive ketones (excluding diaryl/α,β-unsaturated/α-hetero) is 1. The zero-order valence-electron chi connectivity index (χ0n) is 13.8. The number of hydrogen-bond acceptors (Lipinski definition) is 1. The van der Waals surface area contributed by atoms with Crippen LogP contribution < -0.4 is 0 Å². The van der Waals surface area contributed by atoms with Crippen molar-refractivity contribution in [3.63, 3.8) is 0 Å². The van der Waals surface area contributed by atoms with Gasteiger partial charge in [-0.15, -0.1) is 0 Å². The van der Waals surface area contributed by atoms with Crippen molar-refractivity contribution >= 4 is 21.7 Å². The van der Waals surface area contributed by atoms with Crippen molar-refractivity contribution in [1.82, 2.24) is 0 Å². The van der Waals surface area contributed by atoms with Gasteiger partial charge in [-0.2, -0.15) is 0 Å². The Morgan fingerprint density at radius 3 is 1.68 bits per heavy atom. The van der Waals surface area contributed by atoms with Gasteiger partial charge in [0, 0.05) is 16.3 Å². The van der Waals surface area contributed by atoms with Crippen molar-refractivity contribution in [1.29, 1.82) is 0 Å². The first-order valence-corrected chi connectivity index (χ1v) is 8.63. The van der Waals surface area contributed by atoms with E-state index in [0.29, 0.717) is 10.7 Å². The maximum Gasteiger partial charge on any atom is 0.165 e. The van der Waals surface area contributed by atoms with E-state index in [9.17, 15) is 4.79 Å². The molecule has 0 aromatic heterocycles. The SMILES string of the molecule is CC(C)C(=O)c1ccccc1.CC(C)C(Br)c1ccccc1. The summed E-state index contributed by atoms with van der Waals surface area (Å²) in [6, 6.07) is 19.9. The molecule has 0 aliphatic carbocycles. The molecule has 0 bridgehead atoms. The van der Waals surface area contributed by atoms with Crippen LogP contribution in [-0.4, -0.2) is 5.78 Å². The second kappa shape index (κ2) is 9.58. The average Bonchev–Trinajstić information content (AvgIpc) is 2.55. The molecule has 2 heteroatoms. The van der Waals surface area contributed by atoms with Crippen molar-refractivity contribution in [2.24, 2.45) is 11.8 Å². The highest BCUT2D eigenvalue weighted by molar-refractivity contribution is 9.09. The zero-order chi connectivity index (χ0) is 16.5. The van der Waals surface area contributed by atoms with Crippen molar-refractivity contribution in [3.05, 3.63) is 71.8 Å². The molecule has 0 saturated heterocycles. The summed E-state index contributed by atoms with van der Waals surface area (Å²) >= 11 is 3.65. The predicted molar refractivity (Wildman–Crippen MR) is 98.6 cm³/mol. The fourth-order valence-corrected chi connectivity index (χ4v) is 2.26. The molecule has 0 amide bonds. The van der Waals surface area contributed by atoms with Crippen LogP contribution in [0.3, 0.4) is 0 Å². The summed E-state index contributed by atoms with van der Waals surface area (Å²) in [7, 11) is 0. The molecule has 1 unspecified atom stereocenters. The van der Waals surface area contributed by atoms with E-state index in [1.807, 2.05) is 50.2 Å². The van der Waals surface area contributed by atoms with Gasteiger partial charge in [-0.3, -0.25) is 4.79 Å². The molecule has 0 N–H and O–H groups in total. The van der Waals surface area contributed by atoms with Gasteiger partial charge >= 0.3 is 0 Å². The van der Waals surface area contributed by atoms with E-state index < -0.39 is 0 Å². The van der Waals surface area contributed by atoms with E-state index in [0.717, 1.165) is 5.56 Å². The predicted octanol–water partition coefficient (Wildman–Crippen LogP) is 6.30. The van der Waals surface area contributed by atoms with Gasteiger partial charge in [-0.1, -0.05) is 104 Å². The second-order valence-electron chi connectivity index (χ2n) is 5.94. The van der Waals surface area contributed by atoms with Gasteiger partial charge in [0.2, 0.25) is 0 Å². The van der Waals surface area contributed by atoms with Crippen LogP contribution in [0.2, 0.25) is 0 Å². The third-order valence-electron chi connectivity index (χ3n) is 3.29. The van der Waals surface area contributed by atoms with Crippen LogP contribution in [0.15, 0.2) is 60.7 Å². The molecule has 0 fully saturated rings. The van der Waals surface area contributed by atoms with Crippen molar-refractivity contribution < 1.29 is 4.79 Å². The monoisotopic (exact) mass is 360 g/mol. The molecule has 2 aromatic rings. The summed E-state index contributed by atoms with van der Waals surface area (Å²) in [6.07, 6.45) is 0. The molecule has 22 heavy (non-hydrogen) atoms. The molecule has 118 valence electrons. The number of rotatable bonds is 4. The van der Waals surface area contributed by atoms with E-state index in [4.69, 9.17) is 0 Å². The quantitative estimate of drug-likeness (QED) is 0.461. The largest absolute Gasteiger partial charge is 0.294 e. The Bertz CT molecular complexity index is 546. The molecular formula is C20H25BrO. The molecule has 0 heterocycles. The zero-order valence-corrected chi connectivity index (χ0v) is 15.4. The molecule has 0 spiro atoms. The standard InChI is InChI=1S/C10H13Br.C10H12O/c2*1-8(2)10(11)9-6-4-3-5-7-9/h3-8,10H,1-2H3;3-8H,1-2H3. The molecule has 0 aliphatic rings. The lowest BCUT2D eigenvalue weighted by atomic mass is 10.0. The topological polar surface area (TPSA) is 17.1 Å². The summed E-state index contributed by atoms with van der Waals surface area (Å²) in [6.45, 7) is 8.25. The average molecular weight is 361 g/mol. The first-order valence-electron chi connectivity index (χ1n) is 7.71. The van der Waals surface area contributed by atoms with E-state index in [2.05, 4.69) is 54.0 Å². The number of ketones is 1. The van der Waals surface area contributed by atoms with Crippen molar-refractivity contribution in [2.75, 3.05) is 0 Å². The molecule has 0 aliphatic heterocycles. The van der Waals surface area contributed by atoms with Crippen LogP contribution in [-0.2, 0) is 0 Å². The minimum Gasteiger partial charge on any atom is -0.294 e. The minimum atomic E-state index is 0.0948. The van der Waals surface area contributed by atoms with Gasteiger partial charge in [0.1, 0.15) is 0 Å². The number of carbonyl (C=O) groups excluding carboxylic acids is 1. The molecule has 1 atom stereocenters. The lowest BCUT2D eigenvalue weighted by Crippen LogP contribution is -2.06. The van der Waals surface area contributed by atoms with E-state index in [1.54, 1.807) is 0 Å². The first-order chi connectivity index (χ1) is 10.4. The van der Waals surface area contributed by atoms with E-state index in [1.165, 1.54) is 5.56 Å². The number of benzene rings is 2. The van der Waals surface area contributed by atoms with Gasteiger partial charge < -0.3 is 0 Å². The van der Waals surface area contributed by atoms with E-state index >= 15 is 0 Å². The smallest absolute Gasteiger partial charge is 0.165 e. The molecule has 2 aromatic carbocycles. The Balaban J connectivity index is 0.000000220. The van der Waals surface area contributed by atoms with Crippen LogP contribution in [0, 0.1) is 11.8 Å². The third-order valence-corrected chi connectivity index (χ3v) is 4.87. The van der Waals surface area contributed by atoms with Gasteiger partial charge in [-0.25, -0.2) is 0 Å². The molecule has 2 rings (SSSR count). The Labute approximate surface area is 142 Å². The van der Waals surface area contributed by atoms with Crippen molar-refractivity contribution in [2.45, 2.75) is 32.5 Å². The number of hydrogen-bond donors (Lipinski definition) is 0. The van der Waals surface area contributed by atoms with Crippen LogP contribution in [0.25, 0.3) is 0 Å². The molecular weight excluding hydrogens is 336 g/mol. The number of halogens is 1. The first kappa shape index (κ1) is 18.6. The molecule has 0 radical (unpaired) electrons. The summed E-state index contributed by atoms with van der Waals surface area (Å²) < 4.78 is 0. The maximum absolute atomic E-state index is 11.3. The Kier molecular flexibility index (Phi) is 8.11. The highest BCUT2D eigenvalue weighted by atomic mass is 79.9. The maximum atomic E-state index is 11.3. The fraction of sp³-hybridized carbons (Fsp3) is 0.350. The normalized spacial score (nSPS) is 11.8. The summed E-state index contributed by atoms with van der Waals surface area (Å²) in [4.78, 5) is 11.8. The van der Waals surface area contributed by atoms with Gasteiger partial charge in [0.05, 0.1) is 0 Å². The molecule has 0 saturated carbocycles. The summed E-state index contributed by atoms with van der Waals surface area (Å²) in [5.74, 6) is 0.959. The number of carbonyl (C=O) groups is 1. The summed E-state index contributed by atoms with van der Waals surface area (Å²) in [5.41, 5.74) is 2.17. The molecule has 1 nitrogen and oxygen atoms in total.